The van der Waals surface area contributed by atoms with E-state index in [1.54, 1.807) is 24.3 Å². The summed E-state index contributed by atoms with van der Waals surface area (Å²) >= 11 is 0. The molecule has 2 heterocycles. The zero-order valence-corrected chi connectivity index (χ0v) is 16.3. The van der Waals surface area contributed by atoms with Gasteiger partial charge in [-0.1, -0.05) is 34.7 Å². The fourth-order valence-corrected chi connectivity index (χ4v) is 2.96. The smallest absolute Gasteiger partial charge is 0.269 e. The van der Waals surface area contributed by atoms with Crippen LogP contribution in [0.5, 0.6) is 0 Å². The number of carbonyl (C=O) groups is 1. The Morgan fingerprint density at radius 3 is 1.91 bits per heavy atom. The third-order valence-corrected chi connectivity index (χ3v) is 4.50. The van der Waals surface area contributed by atoms with Crippen LogP contribution in [0.4, 0.5) is 11.4 Å². The number of rotatable bonds is 8. The largest absolute Gasteiger partial charge is 0.285 e. The fourth-order valence-electron chi connectivity index (χ4n) is 2.96. The topological polar surface area (TPSA) is 165 Å². The SMILES string of the molecule is O=C(c1cn(Cc2ccc([N+](=O)[O-])cc2)nn1)c1cn(Cc2cccc([N+](=O)[O-])c2)nn1. The van der Waals surface area contributed by atoms with Crippen molar-refractivity contribution in [2.24, 2.45) is 0 Å². The first kappa shape index (κ1) is 20.5. The van der Waals surface area contributed by atoms with E-state index in [1.807, 2.05) is 0 Å². The van der Waals surface area contributed by atoms with E-state index in [2.05, 4.69) is 20.6 Å². The summed E-state index contributed by atoms with van der Waals surface area (Å²) < 4.78 is 2.83. The van der Waals surface area contributed by atoms with E-state index in [9.17, 15) is 25.0 Å². The third-order valence-electron chi connectivity index (χ3n) is 4.50. The zero-order valence-electron chi connectivity index (χ0n) is 16.3. The van der Waals surface area contributed by atoms with Crippen molar-refractivity contribution < 1.29 is 14.6 Å². The van der Waals surface area contributed by atoms with Crippen molar-refractivity contribution in [3.05, 3.63) is 104 Å². The van der Waals surface area contributed by atoms with Gasteiger partial charge in [0.05, 0.1) is 35.3 Å². The van der Waals surface area contributed by atoms with Crippen LogP contribution in [0.1, 0.15) is 27.3 Å². The highest BCUT2D eigenvalue weighted by Crippen LogP contribution is 2.15. The number of hydrogen-bond acceptors (Lipinski definition) is 9. The number of nitrogens with zero attached hydrogens (tertiary/aromatic N) is 8. The second-order valence-corrected chi connectivity index (χ2v) is 6.78. The van der Waals surface area contributed by atoms with Gasteiger partial charge in [0.2, 0.25) is 5.78 Å². The minimum Gasteiger partial charge on any atom is -0.285 e. The third kappa shape index (κ3) is 4.51. The molecule has 0 aliphatic heterocycles. The van der Waals surface area contributed by atoms with Gasteiger partial charge < -0.3 is 0 Å². The van der Waals surface area contributed by atoms with Crippen molar-refractivity contribution in [1.29, 1.82) is 0 Å². The number of carbonyl (C=O) groups excluding carboxylic acids is 1. The number of aromatic nitrogens is 6. The van der Waals surface area contributed by atoms with Crippen LogP contribution in [-0.4, -0.2) is 45.6 Å². The summed E-state index contributed by atoms with van der Waals surface area (Å²) in [5.41, 5.74) is 1.45. The summed E-state index contributed by atoms with van der Waals surface area (Å²) in [4.78, 5) is 33.3. The molecule has 0 saturated heterocycles. The van der Waals surface area contributed by atoms with Gasteiger partial charge in [-0.05, 0) is 11.1 Å². The molecule has 0 atom stereocenters. The Labute approximate surface area is 179 Å². The van der Waals surface area contributed by atoms with Crippen molar-refractivity contribution in [2.45, 2.75) is 13.1 Å². The molecule has 13 heteroatoms. The van der Waals surface area contributed by atoms with Crippen LogP contribution in [0.15, 0.2) is 60.9 Å². The van der Waals surface area contributed by atoms with Gasteiger partial charge >= 0.3 is 0 Å². The van der Waals surface area contributed by atoms with E-state index in [0.717, 1.165) is 5.56 Å². The van der Waals surface area contributed by atoms with E-state index in [-0.39, 0.29) is 35.9 Å². The Kier molecular flexibility index (Phi) is 5.44. The van der Waals surface area contributed by atoms with E-state index in [4.69, 9.17) is 0 Å². The maximum Gasteiger partial charge on any atom is 0.269 e. The minimum absolute atomic E-state index is 0.0172. The molecule has 0 unspecified atom stereocenters. The Bertz CT molecular complexity index is 1310. The monoisotopic (exact) mass is 434 g/mol. The summed E-state index contributed by atoms with van der Waals surface area (Å²) in [6.45, 7) is 0.479. The van der Waals surface area contributed by atoms with Crippen molar-refractivity contribution in [2.75, 3.05) is 0 Å². The molecule has 0 aliphatic carbocycles. The molecule has 0 spiro atoms. The highest BCUT2D eigenvalue weighted by atomic mass is 16.6. The molecule has 0 N–H and O–H groups in total. The lowest BCUT2D eigenvalue weighted by Crippen LogP contribution is -2.03. The first-order chi connectivity index (χ1) is 15.4. The van der Waals surface area contributed by atoms with Crippen LogP contribution in [0.2, 0.25) is 0 Å². The maximum atomic E-state index is 12.6. The van der Waals surface area contributed by atoms with Gasteiger partial charge in [-0.15, -0.1) is 10.2 Å². The average molecular weight is 434 g/mol. The Morgan fingerprint density at radius 1 is 0.781 bits per heavy atom. The number of benzene rings is 2. The lowest BCUT2D eigenvalue weighted by molar-refractivity contribution is -0.385. The minimum atomic E-state index is -0.486. The zero-order chi connectivity index (χ0) is 22.7. The summed E-state index contributed by atoms with van der Waals surface area (Å²) in [7, 11) is 0. The first-order valence-electron chi connectivity index (χ1n) is 9.20. The number of nitro groups is 2. The Balaban J connectivity index is 1.43. The Morgan fingerprint density at radius 2 is 1.34 bits per heavy atom. The second kappa shape index (κ2) is 8.51. The molecule has 0 aliphatic rings. The summed E-state index contributed by atoms with van der Waals surface area (Å²) in [6.07, 6.45) is 2.87. The van der Waals surface area contributed by atoms with E-state index in [1.165, 1.54) is 46.0 Å². The standard InChI is InChI=1S/C19H14N8O5/c28-19(17-11-24(22-20-17)9-13-4-6-15(7-5-13)26(29)30)18-12-25(23-21-18)10-14-2-1-3-16(8-14)27(31)32/h1-8,11-12H,9-10H2. The van der Waals surface area contributed by atoms with Crippen molar-refractivity contribution in [1.82, 2.24) is 30.0 Å². The lowest BCUT2D eigenvalue weighted by atomic mass is 10.2. The molecule has 2 aromatic carbocycles. The van der Waals surface area contributed by atoms with Crippen molar-refractivity contribution in [3.8, 4) is 0 Å². The van der Waals surface area contributed by atoms with Crippen molar-refractivity contribution >= 4 is 17.2 Å². The lowest BCUT2D eigenvalue weighted by Gasteiger charge is -2.00. The van der Waals surface area contributed by atoms with Gasteiger partial charge in [-0.25, -0.2) is 9.36 Å². The quantitative estimate of drug-likeness (QED) is 0.229. The van der Waals surface area contributed by atoms with Crippen molar-refractivity contribution in [3.63, 3.8) is 0 Å². The van der Waals surface area contributed by atoms with Gasteiger partial charge in [-0.2, -0.15) is 0 Å². The van der Waals surface area contributed by atoms with Crippen LogP contribution >= 0.6 is 0 Å². The molecule has 160 valence electrons. The number of non-ortho nitro benzene ring substituents is 2. The normalized spacial score (nSPS) is 10.8. The fraction of sp³-hybridized carbons (Fsp3) is 0.105. The van der Waals surface area contributed by atoms with E-state index in [0.29, 0.717) is 5.56 Å². The van der Waals surface area contributed by atoms with Crippen LogP contribution in [0.25, 0.3) is 0 Å². The highest BCUT2D eigenvalue weighted by Gasteiger charge is 2.18. The molecule has 4 rings (SSSR count). The highest BCUT2D eigenvalue weighted by molar-refractivity contribution is 6.05. The van der Waals surface area contributed by atoms with Gasteiger partial charge in [0.15, 0.2) is 11.4 Å². The molecule has 4 aromatic rings. The van der Waals surface area contributed by atoms with Crippen LogP contribution < -0.4 is 0 Å². The molecule has 0 saturated carbocycles. The molecule has 0 bridgehead atoms. The van der Waals surface area contributed by atoms with Crippen LogP contribution in [-0.2, 0) is 13.1 Å². The molecular formula is C19H14N8O5. The predicted octanol–water partition coefficient (Wildman–Crippen LogP) is 2.01. The summed E-state index contributed by atoms with van der Waals surface area (Å²) in [5.74, 6) is -0.481. The molecule has 2 aromatic heterocycles. The van der Waals surface area contributed by atoms with E-state index < -0.39 is 15.6 Å². The van der Waals surface area contributed by atoms with Gasteiger partial charge in [-0.3, -0.25) is 25.0 Å². The van der Waals surface area contributed by atoms with Gasteiger partial charge in [0.25, 0.3) is 11.4 Å². The summed E-state index contributed by atoms with van der Waals surface area (Å²) in [5, 5.41) is 37.2. The maximum absolute atomic E-state index is 12.6. The molecule has 0 fully saturated rings. The Hall–Kier alpha value is -4.81. The number of hydrogen-bond donors (Lipinski definition) is 0. The molecule has 0 amide bonds. The van der Waals surface area contributed by atoms with Gasteiger partial charge in [0, 0.05) is 24.3 Å². The average Bonchev–Trinajstić information content (AvgIpc) is 3.44. The van der Waals surface area contributed by atoms with Gasteiger partial charge in [0.1, 0.15) is 0 Å². The number of ketones is 1. The van der Waals surface area contributed by atoms with E-state index >= 15 is 0 Å². The second-order valence-electron chi connectivity index (χ2n) is 6.78. The molecular weight excluding hydrogens is 420 g/mol. The molecule has 32 heavy (non-hydrogen) atoms. The predicted molar refractivity (Wildman–Crippen MR) is 108 cm³/mol. The first-order valence-corrected chi connectivity index (χ1v) is 9.20. The van der Waals surface area contributed by atoms with Crippen LogP contribution in [0, 0.1) is 20.2 Å². The number of nitro benzene ring substituents is 2. The summed E-state index contributed by atoms with van der Waals surface area (Å²) in [6, 6.07) is 12.1. The van der Waals surface area contributed by atoms with Crippen LogP contribution in [0.3, 0.4) is 0 Å². The molecule has 13 nitrogen and oxygen atoms in total. The molecule has 0 radical (unpaired) electrons.